The van der Waals surface area contributed by atoms with Gasteiger partial charge in [0.2, 0.25) is 0 Å². The average molecular weight is 199 g/mol. The SMILES string of the molecule is [AlH2][n]1c2c(c3c1C=CCC3)CCC=C2. The van der Waals surface area contributed by atoms with Crippen molar-refractivity contribution < 1.29 is 0 Å². The third-order valence-electron chi connectivity index (χ3n) is 3.38. The fourth-order valence-electron chi connectivity index (χ4n) is 2.67. The van der Waals surface area contributed by atoms with Crippen LogP contribution in [0.2, 0.25) is 0 Å². The Hall–Kier alpha value is -0.708. The zero-order valence-corrected chi connectivity index (χ0v) is 10.6. The second-order valence-corrected chi connectivity index (χ2v) is 5.06. The van der Waals surface area contributed by atoms with E-state index in [2.05, 4.69) is 27.9 Å². The topological polar surface area (TPSA) is 4.93 Å². The van der Waals surface area contributed by atoms with E-state index in [4.69, 9.17) is 0 Å². The van der Waals surface area contributed by atoms with Crippen molar-refractivity contribution in [2.45, 2.75) is 25.7 Å². The van der Waals surface area contributed by atoms with Gasteiger partial charge in [-0.2, -0.15) is 0 Å². The first-order chi connectivity index (χ1) is 6.88. The van der Waals surface area contributed by atoms with Crippen molar-refractivity contribution >= 4 is 28.7 Å². The largest absolute Gasteiger partial charge is 0.441 e. The fourth-order valence-corrected chi connectivity index (χ4v) is 3.51. The lowest BCUT2D eigenvalue weighted by Crippen LogP contribution is -2.00. The van der Waals surface area contributed by atoms with Crippen molar-refractivity contribution in [2.24, 2.45) is 0 Å². The van der Waals surface area contributed by atoms with Gasteiger partial charge in [0, 0.05) is 11.4 Å². The molecule has 0 spiro atoms. The molecule has 1 aromatic rings. The van der Waals surface area contributed by atoms with E-state index in [-0.39, 0.29) is 0 Å². The first-order valence-electron chi connectivity index (χ1n) is 5.41. The van der Waals surface area contributed by atoms with Crippen LogP contribution in [0.15, 0.2) is 12.2 Å². The Morgan fingerprint density at radius 2 is 1.43 bits per heavy atom. The molecular weight excluding hydrogens is 185 g/mol. The Morgan fingerprint density at radius 3 is 1.93 bits per heavy atom. The van der Waals surface area contributed by atoms with E-state index in [9.17, 15) is 0 Å². The maximum atomic E-state index is 2.48. The molecule has 3 rings (SSSR count). The van der Waals surface area contributed by atoms with Crippen molar-refractivity contribution in [1.29, 1.82) is 0 Å². The van der Waals surface area contributed by atoms with Gasteiger partial charge >= 0.3 is 16.5 Å². The van der Waals surface area contributed by atoms with Crippen molar-refractivity contribution in [3.05, 3.63) is 34.7 Å². The van der Waals surface area contributed by atoms with E-state index in [1.165, 1.54) is 37.1 Å². The summed E-state index contributed by atoms with van der Waals surface area (Å²) in [7, 11) is 0. The van der Waals surface area contributed by atoms with E-state index in [1.54, 1.807) is 11.1 Å². The normalized spacial score (nSPS) is 18.0. The van der Waals surface area contributed by atoms with Crippen LogP contribution < -0.4 is 0 Å². The number of rotatable bonds is 0. The summed E-state index contributed by atoms with van der Waals surface area (Å²) in [5.74, 6) is 0. The van der Waals surface area contributed by atoms with E-state index in [0.717, 1.165) is 16.5 Å². The van der Waals surface area contributed by atoms with Crippen LogP contribution in [0.4, 0.5) is 0 Å². The molecule has 70 valence electrons. The average Bonchev–Trinajstić information content (AvgIpc) is 2.55. The number of fused-ring (bicyclic) bond motifs is 3. The predicted octanol–water partition coefficient (Wildman–Crippen LogP) is 1.80. The van der Waals surface area contributed by atoms with Gasteiger partial charge in [-0.25, -0.2) is 0 Å². The quantitative estimate of drug-likeness (QED) is 0.561. The molecule has 0 radical (unpaired) electrons. The van der Waals surface area contributed by atoms with E-state index in [0.29, 0.717) is 0 Å². The Kier molecular flexibility index (Phi) is 1.94. The first-order valence-corrected chi connectivity index (χ1v) is 6.31. The molecule has 1 aromatic heterocycles. The molecule has 0 aromatic carbocycles. The van der Waals surface area contributed by atoms with Gasteiger partial charge in [-0.1, -0.05) is 12.2 Å². The van der Waals surface area contributed by atoms with Gasteiger partial charge in [-0.3, -0.25) is 0 Å². The molecule has 0 fully saturated rings. The standard InChI is InChI=1S/C12H12N.Al.2H/c1-3-7-11-9(5-1)10-6-2-4-8-12(10)13-11;;;/h3-4,7-8H,1-2,5-6H2;;;/q-1;+1;;. The summed E-state index contributed by atoms with van der Waals surface area (Å²) >= 11 is 1.11. The van der Waals surface area contributed by atoms with E-state index >= 15 is 0 Å². The summed E-state index contributed by atoms with van der Waals surface area (Å²) in [6, 6.07) is 0. The molecule has 0 bridgehead atoms. The molecule has 1 heterocycles. The molecule has 1 nitrogen and oxygen atoms in total. The van der Waals surface area contributed by atoms with Crippen LogP contribution in [-0.2, 0) is 12.8 Å². The van der Waals surface area contributed by atoms with Crippen LogP contribution >= 0.6 is 0 Å². The Labute approximate surface area is 92.8 Å². The van der Waals surface area contributed by atoms with E-state index in [1.807, 2.05) is 0 Å². The lowest BCUT2D eigenvalue weighted by molar-refractivity contribution is 0.922. The molecule has 0 atom stereocenters. The molecule has 14 heavy (non-hydrogen) atoms. The summed E-state index contributed by atoms with van der Waals surface area (Å²) < 4.78 is 2.48. The van der Waals surface area contributed by atoms with Gasteiger partial charge in [0.05, 0.1) is 0 Å². The van der Waals surface area contributed by atoms with Gasteiger partial charge < -0.3 is 3.55 Å². The zero-order chi connectivity index (χ0) is 9.54. The number of hydrogen-bond donors (Lipinski definition) is 0. The van der Waals surface area contributed by atoms with Crippen molar-refractivity contribution in [1.82, 2.24) is 3.55 Å². The van der Waals surface area contributed by atoms with Crippen LogP contribution in [0.1, 0.15) is 35.4 Å². The number of aromatic nitrogens is 1. The van der Waals surface area contributed by atoms with Gasteiger partial charge in [-0.15, -0.1) is 0 Å². The number of nitrogens with zero attached hydrogens (tertiary/aromatic N) is 1. The monoisotopic (exact) mass is 199 g/mol. The van der Waals surface area contributed by atoms with Crippen LogP contribution in [0, 0.1) is 0 Å². The molecule has 2 aliphatic rings. The highest BCUT2D eigenvalue weighted by atomic mass is 27.1. The van der Waals surface area contributed by atoms with Crippen molar-refractivity contribution in [3.8, 4) is 0 Å². The minimum Gasteiger partial charge on any atom is -0.441 e. The number of hydrogen-bond acceptors (Lipinski definition) is 0. The third kappa shape index (κ3) is 1.08. The summed E-state index contributed by atoms with van der Waals surface area (Å²) in [6.45, 7) is 0. The highest BCUT2D eigenvalue weighted by molar-refractivity contribution is 6.09. The van der Waals surface area contributed by atoms with Gasteiger partial charge in [0.1, 0.15) is 0 Å². The fraction of sp³-hybridized carbons (Fsp3) is 0.333. The molecule has 0 unspecified atom stereocenters. The Bertz CT molecular complexity index is 398. The second-order valence-electron chi connectivity index (χ2n) is 4.17. The first kappa shape index (κ1) is 8.59. The predicted molar refractivity (Wildman–Crippen MR) is 63.1 cm³/mol. The minimum absolute atomic E-state index is 1.11. The minimum atomic E-state index is 1.11. The molecule has 0 N–H and O–H groups in total. The molecule has 0 saturated heterocycles. The maximum Gasteiger partial charge on any atom is 0.370 e. The smallest absolute Gasteiger partial charge is 0.370 e. The van der Waals surface area contributed by atoms with Gasteiger partial charge in [0.25, 0.3) is 0 Å². The molecule has 0 aliphatic heterocycles. The van der Waals surface area contributed by atoms with Crippen LogP contribution in [-0.4, -0.2) is 20.1 Å². The lowest BCUT2D eigenvalue weighted by atomic mass is 9.94. The molecule has 2 heteroatoms. The highest BCUT2D eigenvalue weighted by Crippen LogP contribution is 2.31. The van der Waals surface area contributed by atoms with Crippen LogP contribution in [0.5, 0.6) is 0 Å². The van der Waals surface area contributed by atoms with Gasteiger partial charge in [-0.05, 0) is 49.0 Å². The third-order valence-corrected chi connectivity index (χ3v) is 4.34. The summed E-state index contributed by atoms with van der Waals surface area (Å²) in [5, 5.41) is 0. The van der Waals surface area contributed by atoms with Crippen LogP contribution in [0.3, 0.4) is 0 Å². The molecule has 0 amide bonds. The zero-order valence-electron chi connectivity index (χ0n) is 8.59. The molecule has 2 aliphatic carbocycles. The van der Waals surface area contributed by atoms with Gasteiger partial charge in [0.15, 0.2) is 0 Å². The maximum absolute atomic E-state index is 2.48. The summed E-state index contributed by atoms with van der Waals surface area (Å²) in [5.41, 5.74) is 6.28. The Balaban J connectivity index is 2.29. The highest BCUT2D eigenvalue weighted by Gasteiger charge is 2.19. The summed E-state index contributed by atoms with van der Waals surface area (Å²) in [6.07, 6.45) is 14.2. The summed E-state index contributed by atoms with van der Waals surface area (Å²) in [4.78, 5) is 0. The number of allylic oxidation sites excluding steroid dienone is 2. The van der Waals surface area contributed by atoms with Crippen LogP contribution in [0.25, 0.3) is 12.2 Å². The molecule has 0 saturated carbocycles. The van der Waals surface area contributed by atoms with E-state index < -0.39 is 0 Å². The lowest BCUT2D eigenvalue weighted by Gasteiger charge is -2.09. The second kappa shape index (κ2) is 3.15. The van der Waals surface area contributed by atoms with Crippen molar-refractivity contribution in [2.75, 3.05) is 0 Å². The molecular formula is C12H14AlN. The Morgan fingerprint density at radius 1 is 0.929 bits per heavy atom. The van der Waals surface area contributed by atoms with Crippen molar-refractivity contribution in [3.63, 3.8) is 0 Å².